The zero-order valence-electron chi connectivity index (χ0n) is 19.8. The zero-order chi connectivity index (χ0) is 25.3. The molecule has 0 N–H and O–H groups in total. The zero-order valence-corrected chi connectivity index (χ0v) is 22.2. The van der Waals surface area contributed by atoms with E-state index < -0.39 is 19.9 Å². The molecule has 36 heavy (non-hydrogen) atoms. The molecule has 0 spiro atoms. The van der Waals surface area contributed by atoms with Gasteiger partial charge in [-0.3, -0.25) is 0 Å². The fraction of sp³-hybridized carbons (Fsp3) is 0.222. The third kappa shape index (κ3) is 5.15. The number of sulfone groups is 1. The van der Waals surface area contributed by atoms with Gasteiger partial charge in [0.25, 0.3) is 0 Å². The fourth-order valence-corrected chi connectivity index (χ4v) is 7.97. The molecule has 1 fully saturated rings. The molecule has 0 saturated carbocycles. The summed E-state index contributed by atoms with van der Waals surface area (Å²) in [5.74, 6) is -0.0717. The van der Waals surface area contributed by atoms with E-state index in [9.17, 15) is 16.8 Å². The number of hydrogen-bond donors (Lipinski definition) is 0. The van der Waals surface area contributed by atoms with E-state index in [2.05, 4.69) is 0 Å². The molecule has 3 aromatic carbocycles. The van der Waals surface area contributed by atoms with Gasteiger partial charge < -0.3 is 0 Å². The minimum Gasteiger partial charge on any atom is -0.236 e. The van der Waals surface area contributed by atoms with Crippen molar-refractivity contribution in [2.75, 3.05) is 13.1 Å². The van der Waals surface area contributed by atoms with Crippen LogP contribution in [0.4, 0.5) is 0 Å². The molecule has 1 aliphatic heterocycles. The van der Waals surface area contributed by atoms with E-state index in [1.807, 2.05) is 42.6 Å². The highest BCUT2D eigenvalue weighted by atomic mass is 32.2. The Balaban J connectivity index is 1.34. The number of benzene rings is 3. The van der Waals surface area contributed by atoms with Crippen LogP contribution in [0.2, 0.25) is 0 Å². The molecule has 1 aliphatic rings. The predicted octanol–water partition coefficient (Wildman–Crippen LogP) is 5.54. The summed E-state index contributed by atoms with van der Waals surface area (Å²) in [5, 5.41) is 2.69. The average molecular weight is 539 g/mol. The SMILES string of the molecule is Cc1ccc(S(=O)(=O)Cc2ccc(-c3nc(-c4cccc(S(=O)(=O)N5CCCC5)c4)cs3)cc2)cc1. The van der Waals surface area contributed by atoms with Crippen molar-refractivity contribution in [3.05, 3.63) is 89.3 Å². The normalized spacial score (nSPS) is 14.8. The van der Waals surface area contributed by atoms with E-state index in [0.717, 1.165) is 34.5 Å². The molecule has 0 radical (unpaired) electrons. The number of nitrogens with zero attached hydrogens (tertiary/aromatic N) is 2. The maximum atomic E-state index is 12.9. The van der Waals surface area contributed by atoms with E-state index in [4.69, 9.17) is 4.98 Å². The molecule has 0 aliphatic carbocycles. The van der Waals surface area contributed by atoms with Gasteiger partial charge in [0.05, 0.1) is 21.2 Å². The number of rotatable bonds is 7. The Morgan fingerprint density at radius 1 is 0.833 bits per heavy atom. The van der Waals surface area contributed by atoms with Crippen molar-refractivity contribution in [1.82, 2.24) is 9.29 Å². The van der Waals surface area contributed by atoms with Crippen molar-refractivity contribution in [3.63, 3.8) is 0 Å². The second-order valence-electron chi connectivity index (χ2n) is 8.95. The van der Waals surface area contributed by atoms with Crippen LogP contribution in [0, 0.1) is 6.92 Å². The van der Waals surface area contributed by atoms with Crippen molar-refractivity contribution in [2.24, 2.45) is 0 Å². The van der Waals surface area contributed by atoms with Crippen molar-refractivity contribution < 1.29 is 16.8 Å². The van der Waals surface area contributed by atoms with Crippen LogP contribution < -0.4 is 0 Å². The monoisotopic (exact) mass is 538 g/mol. The lowest BCUT2D eigenvalue weighted by atomic mass is 10.1. The summed E-state index contributed by atoms with van der Waals surface area (Å²) in [7, 11) is -6.92. The number of thiazole rings is 1. The minimum atomic E-state index is -3.50. The van der Waals surface area contributed by atoms with Gasteiger partial charge in [-0.2, -0.15) is 4.31 Å². The lowest BCUT2D eigenvalue weighted by Gasteiger charge is -2.15. The summed E-state index contributed by atoms with van der Waals surface area (Å²) in [6, 6.07) is 21.2. The topological polar surface area (TPSA) is 84.4 Å². The Morgan fingerprint density at radius 3 is 2.22 bits per heavy atom. The highest BCUT2D eigenvalue weighted by Crippen LogP contribution is 2.31. The maximum absolute atomic E-state index is 12.9. The molecule has 6 nitrogen and oxygen atoms in total. The van der Waals surface area contributed by atoms with E-state index in [-0.39, 0.29) is 10.6 Å². The number of aromatic nitrogens is 1. The predicted molar refractivity (Wildman–Crippen MR) is 143 cm³/mol. The van der Waals surface area contributed by atoms with E-state index in [1.54, 1.807) is 46.8 Å². The Hall–Kier alpha value is -2.85. The molecule has 0 amide bonds. The van der Waals surface area contributed by atoms with Crippen LogP contribution in [-0.2, 0) is 25.6 Å². The van der Waals surface area contributed by atoms with E-state index >= 15 is 0 Å². The first-order chi connectivity index (χ1) is 17.2. The average Bonchev–Trinajstić information content (AvgIpc) is 3.58. The van der Waals surface area contributed by atoms with E-state index in [1.165, 1.54) is 11.3 Å². The molecule has 1 aromatic heterocycles. The van der Waals surface area contributed by atoms with Crippen LogP contribution in [0.5, 0.6) is 0 Å². The third-order valence-electron chi connectivity index (χ3n) is 6.27. The maximum Gasteiger partial charge on any atom is 0.243 e. The molecule has 1 saturated heterocycles. The summed E-state index contributed by atoms with van der Waals surface area (Å²) < 4.78 is 52.9. The standard InChI is InChI=1S/C27H26N2O4S3/c1-20-7-13-24(14-8-20)35(30,31)19-21-9-11-22(12-10-21)27-28-26(18-34-27)23-5-4-6-25(17-23)36(32,33)29-15-2-3-16-29/h4-14,17-18H,2-3,15-16,19H2,1H3. The molecule has 4 aromatic rings. The first kappa shape index (κ1) is 24.8. The van der Waals surface area contributed by atoms with Gasteiger partial charge in [0, 0.05) is 29.6 Å². The molecule has 9 heteroatoms. The van der Waals surface area contributed by atoms with Crippen molar-refractivity contribution in [1.29, 1.82) is 0 Å². The van der Waals surface area contributed by atoms with Crippen molar-refractivity contribution in [3.8, 4) is 21.8 Å². The van der Waals surface area contributed by atoms with Crippen LogP contribution in [0.3, 0.4) is 0 Å². The Bertz CT molecular complexity index is 1590. The number of sulfonamides is 1. The molecule has 5 rings (SSSR count). The molecule has 0 bridgehead atoms. The van der Waals surface area contributed by atoms with Gasteiger partial charge in [-0.1, -0.05) is 54.1 Å². The highest BCUT2D eigenvalue weighted by molar-refractivity contribution is 7.90. The van der Waals surface area contributed by atoms with Crippen LogP contribution in [-0.4, -0.2) is 39.2 Å². The molecule has 0 unspecified atom stereocenters. The van der Waals surface area contributed by atoms with Crippen LogP contribution >= 0.6 is 11.3 Å². The molecule has 186 valence electrons. The third-order valence-corrected chi connectivity index (χ3v) is 10.8. The van der Waals surface area contributed by atoms with Crippen molar-refractivity contribution >= 4 is 31.2 Å². The smallest absolute Gasteiger partial charge is 0.236 e. The summed E-state index contributed by atoms with van der Waals surface area (Å²) in [6.45, 7) is 3.05. The second-order valence-corrected chi connectivity index (χ2v) is 13.7. The molecular weight excluding hydrogens is 513 g/mol. The first-order valence-electron chi connectivity index (χ1n) is 11.7. The van der Waals surface area contributed by atoms with Crippen molar-refractivity contribution in [2.45, 2.75) is 35.3 Å². The summed E-state index contributed by atoms with van der Waals surface area (Å²) >= 11 is 1.46. The number of hydrogen-bond acceptors (Lipinski definition) is 6. The molecular formula is C27H26N2O4S3. The van der Waals surface area contributed by atoms with Crippen LogP contribution in [0.15, 0.2) is 88.0 Å². The van der Waals surface area contributed by atoms with Crippen LogP contribution in [0.1, 0.15) is 24.0 Å². The molecule has 0 atom stereocenters. The quantitative estimate of drug-likeness (QED) is 0.308. The highest BCUT2D eigenvalue weighted by Gasteiger charge is 2.27. The van der Waals surface area contributed by atoms with E-state index in [0.29, 0.717) is 29.2 Å². The van der Waals surface area contributed by atoms with Gasteiger partial charge in [0.2, 0.25) is 10.0 Å². The van der Waals surface area contributed by atoms with Gasteiger partial charge in [-0.05, 0) is 49.6 Å². The van der Waals surface area contributed by atoms with Gasteiger partial charge in [0.15, 0.2) is 9.84 Å². The Labute approximate surface area is 216 Å². The lowest BCUT2D eigenvalue weighted by molar-refractivity contribution is 0.477. The van der Waals surface area contributed by atoms with Crippen LogP contribution in [0.25, 0.3) is 21.8 Å². The summed E-state index contributed by atoms with van der Waals surface area (Å²) in [6.07, 6.45) is 1.79. The van der Waals surface area contributed by atoms with Gasteiger partial charge >= 0.3 is 0 Å². The minimum absolute atomic E-state index is 0.0717. The summed E-state index contributed by atoms with van der Waals surface area (Å²) in [5.41, 5.74) is 4.05. The van der Waals surface area contributed by atoms with Gasteiger partial charge in [0.1, 0.15) is 5.01 Å². The fourth-order valence-electron chi connectivity index (χ4n) is 4.22. The Kier molecular flexibility index (Phi) is 6.82. The molecule has 2 heterocycles. The Morgan fingerprint density at radius 2 is 1.53 bits per heavy atom. The summed E-state index contributed by atoms with van der Waals surface area (Å²) in [4.78, 5) is 5.33. The van der Waals surface area contributed by atoms with Gasteiger partial charge in [-0.25, -0.2) is 21.8 Å². The first-order valence-corrected chi connectivity index (χ1v) is 15.6. The lowest BCUT2D eigenvalue weighted by Crippen LogP contribution is -2.27. The number of aryl methyl sites for hydroxylation is 1. The largest absolute Gasteiger partial charge is 0.243 e. The second kappa shape index (κ2) is 9.89. The van der Waals surface area contributed by atoms with Gasteiger partial charge in [-0.15, -0.1) is 11.3 Å².